The van der Waals surface area contributed by atoms with Crippen molar-refractivity contribution >= 4 is 91.3 Å². The van der Waals surface area contributed by atoms with Gasteiger partial charge in [0.15, 0.2) is 0 Å². The lowest BCUT2D eigenvalue weighted by atomic mass is 10.2. The normalized spacial score (nSPS) is 15.1. The van der Waals surface area contributed by atoms with Crippen LogP contribution in [0.25, 0.3) is 0 Å². The van der Waals surface area contributed by atoms with Crippen LogP contribution in [0.5, 0.6) is 0 Å². The quantitative estimate of drug-likeness (QED) is 0.519. The van der Waals surface area contributed by atoms with Crippen LogP contribution in [-0.4, -0.2) is 11.0 Å². The molecule has 0 aliphatic heterocycles. The van der Waals surface area contributed by atoms with Gasteiger partial charge in [-0.3, -0.25) is 11.8 Å². The van der Waals surface area contributed by atoms with E-state index >= 15 is 0 Å². The maximum absolute atomic E-state index is 11.4. The van der Waals surface area contributed by atoms with Crippen molar-refractivity contribution in [2.75, 3.05) is 0 Å². The first-order valence-electron chi connectivity index (χ1n) is 3.68. The highest BCUT2D eigenvalue weighted by Crippen LogP contribution is 2.19. The van der Waals surface area contributed by atoms with E-state index in [0.717, 1.165) is 0 Å². The van der Waals surface area contributed by atoms with E-state index in [-0.39, 0.29) is 5.78 Å². The second-order valence-corrected chi connectivity index (χ2v) is 26.7. The van der Waals surface area contributed by atoms with E-state index in [1.54, 1.807) is 0 Å². The first kappa shape index (κ1) is 17.0. The Morgan fingerprint density at radius 3 is 1.87 bits per heavy atom. The molecule has 0 saturated heterocycles. The highest BCUT2D eigenvalue weighted by molar-refractivity contribution is 9.34. The summed E-state index contributed by atoms with van der Waals surface area (Å²) in [6, 6.07) is 0. The van der Waals surface area contributed by atoms with Crippen molar-refractivity contribution in [1.82, 2.24) is 0 Å². The molecule has 0 radical (unpaired) electrons. The molecule has 0 fully saturated rings. The van der Waals surface area contributed by atoms with Crippen LogP contribution >= 0.6 is 0 Å². The summed E-state index contributed by atoms with van der Waals surface area (Å²) in [5.74, 6) is -0.0421. The minimum atomic E-state index is -2.22. The first-order chi connectivity index (χ1) is 6.59. The number of hydrogen-bond donors (Lipinski definition) is 0. The van der Waals surface area contributed by atoms with Crippen LogP contribution in [0.15, 0.2) is 0 Å². The van der Waals surface area contributed by atoms with Gasteiger partial charge in [-0.05, 0) is 41.9 Å². The van der Waals surface area contributed by atoms with E-state index in [9.17, 15) is 4.79 Å². The van der Waals surface area contributed by atoms with Gasteiger partial charge >= 0.3 is 0 Å². The van der Waals surface area contributed by atoms with E-state index in [1.165, 1.54) is 6.92 Å². The third-order valence-corrected chi connectivity index (χ3v) is 34.8. The van der Waals surface area contributed by atoms with Gasteiger partial charge in [0, 0.05) is 0 Å². The van der Waals surface area contributed by atoms with Crippen LogP contribution in [-0.2, 0) is 90.4 Å². The molecule has 15 heavy (non-hydrogen) atoms. The zero-order valence-electron chi connectivity index (χ0n) is 7.87. The van der Waals surface area contributed by atoms with Gasteiger partial charge in [-0.2, -0.15) is 0 Å². The summed E-state index contributed by atoms with van der Waals surface area (Å²) in [5.41, 5.74) is 0. The summed E-state index contributed by atoms with van der Waals surface area (Å²) in [6.45, 7) is 3.33. The fourth-order valence-electron chi connectivity index (χ4n) is 0.915. The number of Topliss-reactive ketones (excluding diaryl/α,β-unsaturated/α-hetero) is 1. The standard InChI is InChI=1S/C5H9OS9/c1-3-5(4(2)6)14(9,10)15(11,12)13(7)8/h5H,3H2,1-2H3/q-1. The SMILES string of the molecule is CCC(C(C)=O)S(=S)(=S)S(=S)(=S)[S-](=S)=S. The number of ketones is 1. The van der Waals surface area contributed by atoms with Gasteiger partial charge in [0.05, 0.1) is 5.25 Å². The van der Waals surface area contributed by atoms with Gasteiger partial charge in [-0.15, -0.1) is 0 Å². The van der Waals surface area contributed by atoms with Crippen molar-refractivity contribution in [3.8, 4) is 0 Å². The summed E-state index contributed by atoms with van der Waals surface area (Å²) >= 11 is 31.1. The molecule has 0 spiro atoms. The van der Waals surface area contributed by atoms with Gasteiger partial charge < -0.3 is 0 Å². The lowest BCUT2D eigenvalue weighted by Crippen LogP contribution is -2.31. The maximum Gasteiger partial charge on any atom is 0.144 e. The molecule has 0 N–H and O–H groups in total. The largest absolute Gasteiger partial charge is 0.299 e. The van der Waals surface area contributed by atoms with Crippen LogP contribution < -0.4 is 0 Å². The monoisotopic (exact) mass is 373 g/mol. The highest BCUT2D eigenvalue weighted by atomic mass is 34.0. The Kier molecular flexibility index (Phi) is 7.13. The maximum atomic E-state index is 11.4. The van der Waals surface area contributed by atoms with E-state index in [4.69, 9.17) is 67.1 Å². The van der Waals surface area contributed by atoms with Crippen LogP contribution in [0.4, 0.5) is 0 Å². The Bertz CT molecular complexity index is 509. The molecule has 10 heteroatoms. The molecule has 0 rings (SSSR count). The first-order valence-corrected chi connectivity index (χ1v) is 14.8. The van der Waals surface area contributed by atoms with E-state index in [0.29, 0.717) is 6.42 Å². The van der Waals surface area contributed by atoms with Crippen LogP contribution in [0, 0.1) is 0 Å². The van der Waals surface area contributed by atoms with Gasteiger partial charge in [0.1, 0.15) is 5.78 Å². The van der Waals surface area contributed by atoms with Gasteiger partial charge in [0.2, 0.25) is 0 Å². The van der Waals surface area contributed by atoms with Crippen molar-refractivity contribution in [2.24, 2.45) is 0 Å². The smallest absolute Gasteiger partial charge is 0.144 e. The lowest BCUT2D eigenvalue weighted by Gasteiger charge is -2.27. The molecule has 0 heterocycles. The molecule has 0 aliphatic carbocycles. The highest BCUT2D eigenvalue weighted by Gasteiger charge is 2.23. The Labute approximate surface area is 120 Å². The predicted octanol–water partition coefficient (Wildman–Crippen LogP) is 0.882. The molecular formula is C5H9OS9-. The summed E-state index contributed by atoms with van der Waals surface area (Å²) in [6.07, 6.45) is -1.64. The predicted molar refractivity (Wildman–Crippen MR) is 91.0 cm³/mol. The minimum absolute atomic E-state index is 0.0421. The van der Waals surface area contributed by atoms with Crippen molar-refractivity contribution in [3.05, 3.63) is 0 Å². The van der Waals surface area contributed by atoms with Crippen molar-refractivity contribution in [3.63, 3.8) is 0 Å². The molecule has 0 saturated carbocycles. The average Bonchev–Trinajstić information content (AvgIpc) is 2.03. The van der Waals surface area contributed by atoms with Crippen LogP contribution in [0.2, 0.25) is 0 Å². The summed E-state index contributed by atoms with van der Waals surface area (Å²) < 4.78 is 0. The second-order valence-electron chi connectivity index (χ2n) is 2.61. The van der Waals surface area contributed by atoms with Crippen LogP contribution in [0.3, 0.4) is 0 Å². The summed E-state index contributed by atoms with van der Waals surface area (Å²) in [7, 11) is -0.978. The fraction of sp³-hybridized carbons (Fsp3) is 0.800. The molecule has 90 valence electrons. The Hall–Kier alpha value is 2.04. The number of carbonyl (C=O) groups excluding carboxylic acids is 1. The van der Waals surface area contributed by atoms with Gasteiger partial charge in [-0.25, -0.2) is 22.4 Å². The number of carbonyl (C=O) groups is 1. The second kappa shape index (κ2) is 6.28. The van der Waals surface area contributed by atoms with Crippen LogP contribution in [0.1, 0.15) is 20.3 Å². The Morgan fingerprint density at radius 1 is 1.27 bits per heavy atom. The molecule has 0 aromatic rings. The molecule has 1 nitrogen and oxygen atoms in total. The summed E-state index contributed by atoms with van der Waals surface area (Å²) in [4.78, 5) is 11.4. The molecule has 0 aromatic carbocycles. The molecular weight excluding hydrogens is 365 g/mol. The van der Waals surface area contributed by atoms with Gasteiger partial charge in [-0.1, -0.05) is 34.5 Å². The average molecular weight is 374 g/mol. The molecule has 0 aromatic heterocycles. The number of rotatable bonds is 5. The van der Waals surface area contributed by atoms with Crippen molar-refractivity contribution in [2.45, 2.75) is 25.5 Å². The topological polar surface area (TPSA) is 17.1 Å². The summed E-state index contributed by atoms with van der Waals surface area (Å²) in [5, 5.41) is -2.63. The molecule has 1 unspecified atom stereocenters. The third-order valence-electron chi connectivity index (χ3n) is 1.62. The molecule has 1 atom stereocenters. The zero-order chi connectivity index (χ0) is 12.4. The van der Waals surface area contributed by atoms with Gasteiger partial charge in [0.25, 0.3) is 0 Å². The molecule has 0 aliphatic rings. The fourth-order valence-corrected chi connectivity index (χ4v) is 21.4. The minimum Gasteiger partial charge on any atom is -0.299 e. The van der Waals surface area contributed by atoms with Crippen molar-refractivity contribution < 1.29 is 4.79 Å². The van der Waals surface area contributed by atoms with Crippen molar-refractivity contribution in [1.29, 1.82) is 0 Å². The third kappa shape index (κ3) is 3.75. The Balaban J connectivity index is 5.84. The van der Waals surface area contributed by atoms with E-state index in [1.807, 2.05) is 6.92 Å². The number of hydrogen-bond acceptors (Lipinski definition) is 8. The lowest BCUT2D eigenvalue weighted by molar-refractivity contribution is -0.116. The van der Waals surface area contributed by atoms with E-state index in [2.05, 4.69) is 0 Å². The van der Waals surface area contributed by atoms with E-state index < -0.39 is 23.7 Å². The molecule has 0 bridgehead atoms. The zero-order valence-corrected chi connectivity index (χ0v) is 15.2. The Morgan fingerprint density at radius 2 is 1.67 bits per heavy atom. The molecule has 0 amide bonds.